The lowest BCUT2D eigenvalue weighted by atomic mass is 9.97. The molecule has 0 unspecified atom stereocenters. The minimum Gasteiger partial charge on any atom is -0.351 e. The number of piperidine rings is 1. The summed E-state index contributed by atoms with van der Waals surface area (Å²) in [6.07, 6.45) is 1.48. The van der Waals surface area contributed by atoms with E-state index >= 15 is 0 Å². The van der Waals surface area contributed by atoms with Crippen molar-refractivity contribution in [3.8, 4) is 22.8 Å². The second-order valence-corrected chi connectivity index (χ2v) is 7.48. The predicted octanol–water partition coefficient (Wildman–Crippen LogP) is 3.44. The molecule has 3 amide bonds. The third-order valence-corrected chi connectivity index (χ3v) is 5.22. The van der Waals surface area contributed by atoms with Gasteiger partial charge in [-0.05, 0) is 38.0 Å². The van der Waals surface area contributed by atoms with Gasteiger partial charge in [-0.1, -0.05) is 41.1 Å². The van der Waals surface area contributed by atoms with Gasteiger partial charge in [-0.25, -0.2) is 4.79 Å². The van der Waals surface area contributed by atoms with E-state index in [1.165, 1.54) is 4.90 Å². The van der Waals surface area contributed by atoms with Crippen molar-refractivity contribution in [2.24, 2.45) is 11.7 Å². The lowest BCUT2D eigenvalue weighted by molar-refractivity contribution is -0.121. The Kier molecular flexibility index (Phi) is 5.47. The van der Waals surface area contributed by atoms with Gasteiger partial charge in [0.15, 0.2) is 0 Å². The smallest absolute Gasteiger partial charge is 0.314 e. The Labute approximate surface area is 174 Å². The average molecular weight is 405 g/mol. The number of rotatable bonds is 4. The largest absolute Gasteiger partial charge is 0.351 e. The highest BCUT2D eigenvalue weighted by atomic mass is 16.5. The maximum absolute atomic E-state index is 12.7. The van der Waals surface area contributed by atoms with Crippen molar-refractivity contribution < 1.29 is 14.1 Å². The van der Waals surface area contributed by atoms with Crippen LogP contribution in [0.5, 0.6) is 0 Å². The van der Waals surface area contributed by atoms with Gasteiger partial charge < -0.3 is 20.5 Å². The SMILES string of the molecule is Cc1ccc(-c2noc(-c3cccc(NC(=O)[C@H]4CCCN(C(N)=O)C4)c3)n2)cc1. The Bertz CT molecular complexity index is 1060. The van der Waals surface area contributed by atoms with E-state index in [4.69, 9.17) is 10.3 Å². The minimum absolute atomic E-state index is 0.135. The lowest BCUT2D eigenvalue weighted by Crippen LogP contribution is -2.46. The second kappa shape index (κ2) is 8.36. The molecule has 0 radical (unpaired) electrons. The van der Waals surface area contributed by atoms with E-state index in [2.05, 4.69) is 15.5 Å². The highest BCUT2D eigenvalue weighted by Gasteiger charge is 2.27. The summed E-state index contributed by atoms with van der Waals surface area (Å²) in [7, 11) is 0. The lowest BCUT2D eigenvalue weighted by Gasteiger charge is -2.30. The molecule has 4 rings (SSSR count). The van der Waals surface area contributed by atoms with Gasteiger partial charge >= 0.3 is 6.03 Å². The number of nitrogens with one attached hydrogen (secondary N) is 1. The zero-order valence-electron chi connectivity index (χ0n) is 16.7. The summed E-state index contributed by atoms with van der Waals surface area (Å²) in [5.74, 6) is 0.461. The number of aryl methyl sites for hydroxylation is 1. The van der Waals surface area contributed by atoms with Crippen LogP contribution in [0.4, 0.5) is 10.5 Å². The van der Waals surface area contributed by atoms with E-state index < -0.39 is 6.03 Å². The molecule has 1 aliphatic rings. The Morgan fingerprint density at radius 1 is 1.17 bits per heavy atom. The van der Waals surface area contributed by atoms with Crippen LogP contribution in [-0.4, -0.2) is 40.1 Å². The minimum atomic E-state index is -0.490. The van der Waals surface area contributed by atoms with Gasteiger partial charge in [0.1, 0.15) is 0 Å². The van der Waals surface area contributed by atoms with Gasteiger partial charge in [-0.2, -0.15) is 4.98 Å². The maximum Gasteiger partial charge on any atom is 0.314 e. The molecule has 2 aromatic carbocycles. The van der Waals surface area contributed by atoms with E-state index in [0.29, 0.717) is 36.1 Å². The fourth-order valence-corrected chi connectivity index (χ4v) is 3.53. The zero-order chi connectivity index (χ0) is 21.1. The van der Waals surface area contributed by atoms with E-state index in [1.54, 1.807) is 12.1 Å². The van der Waals surface area contributed by atoms with Crippen molar-refractivity contribution >= 4 is 17.6 Å². The number of hydrogen-bond acceptors (Lipinski definition) is 5. The molecule has 3 aromatic rings. The number of carbonyl (C=O) groups is 2. The highest BCUT2D eigenvalue weighted by Crippen LogP contribution is 2.25. The van der Waals surface area contributed by atoms with Gasteiger partial charge in [0.05, 0.1) is 5.92 Å². The molecule has 0 aliphatic carbocycles. The van der Waals surface area contributed by atoms with Gasteiger partial charge in [0.25, 0.3) is 5.89 Å². The molecule has 30 heavy (non-hydrogen) atoms. The number of nitrogens with two attached hydrogens (primary N) is 1. The Balaban J connectivity index is 1.47. The predicted molar refractivity (Wildman–Crippen MR) is 112 cm³/mol. The first-order valence-electron chi connectivity index (χ1n) is 9.86. The summed E-state index contributed by atoms with van der Waals surface area (Å²) in [4.78, 5) is 30.0. The third kappa shape index (κ3) is 4.32. The summed E-state index contributed by atoms with van der Waals surface area (Å²) in [6.45, 7) is 2.95. The third-order valence-electron chi connectivity index (χ3n) is 5.22. The monoisotopic (exact) mass is 405 g/mol. The second-order valence-electron chi connectivity index (χ2n) is 7.48. The van der Waals surface area contributed by atoms with Crippen molar-refractivity contribution in [2.45, 2.75) is 19.8 Å². The zero-order valence-corrected chi connectivity index (χ0v) is 16.7. The molecular formula is C22H23N5O3. The molecule has 154 valence electrons. The number of aromatic nitrogens is 2. The van der Waals surface area contributed by atoms with Gasteiger partial charge in [-0.15, -0.1) is 0 Å². The summed E-state index contributed by atoms with van der Waals surface area (Å²) in [5, 5.41) is 6.98. The first-order valence-corrected chi connectivity index (χ1v) is 9.86. The standard InChI is InChI=1S/C22H23N5O3/c1-14-7-9-15(10-8-14)19-25-21(30-26-19)16-4-2-6-18(12-16)24-20(28)17-5-3-11-27(13-17)22(23)29/h2,4,6-10,12,17H,3,5,11,13H2,1H3,(H2,23,29)(H,24,28)/t17-/m0/s1. The van der Waals surface area contributed by atoms with E-state index in [0.717, 1.165) is 24.0 Å². The number of urea groups is 1. The van der Waals surface area contributed by atoms with Crippen LogP contribution in [0.25, 0.3) is 22.8 Å². The highest BCUT2D eigenvalue weighted by molar-refractivity contribution is 5.93. The molecule has 1 saturated heterocycles. The number of carbonyl (C=O) groups excluding carboxylic acids is 2. The average Bonchev–Trinajstić information content (AvgIpc) is 3.25. The molecular weight excluding hydrogens is 382 g/mol. The van der Waals surface area contributed by atoms with Gasteiger partial charge in [-0.3, -0.25) is 4.79 Å². The van der Waals surface area contributed by atoms with Crippen LogP contribution in [-0.2, 0) is 4.79 Å². The van der Waals surface area contributed by atoms with E-state index in [1.807, 2.05) is 43.3 Å². The molecule has 0 saturated carbocycles. The van der Waals surface area contributed by atoms with Crippen LogP contribution in [0.3, 0.4) is 0 Å². The first-order chi connectivity index (χ1) is 14.5. The van der Waals surface area contributed by atoms with Crippen molar-refractivity contribution in [3.63, 3.8) is 0 Å². The van der Waals surface area contributed by atoms with Crippen LogP contribution in [0.15, 0.2) is 53.1 Å². The summed E-state index contributed by atoms with van der Waals surface area (Å²) < 4.78 is 5.42. The molecule has 0 spiro atoms. The van der Waals surface area contributed by atoms with Crippen molar-refractivity contribution in [3.05, 3.63) is 54.1 Å². The number of nitrogens with zero attached hydrogens (tertiary/aromatic N) is 3. The maximum atomic E-state index is 12.7. The number of benzene rings is 2. The molecule has 1 atom stereocenters. The topological polar surface area (TPSA) is 114 Å². The van der Waals surface area contributed by atoms with Crippen LogP contribution in [0, 0.1) is 12.8 Å². The van der Waals surface area contributed by atoms with E-state index in [-0.39, 0.29) is 11.8 Å². The molecule has 8 heteroatoms. The van der Waals surface area contributed by atoms with E-state index in [9.17, 15) is 9.59 Å². The normalized spacial score (nSPS) is 16.3. The number of amides is 3. The summed E-state index contributed by atoms with van der Waals surface area (Å²) >= 11 is 0. The first kappa shape index (κ1) is 19.6. The fourth-order valence-electron chi connectivity index (χ4n) is 3.53. The van der Waals surface area contributed by atoms with Crippen LogP contribution in [0.1, 0.15) is 18.4 Å². The van der Waals surface area contributed by atoms with Crippen molar-refractivity contribution in [2.75, 3.05) is 18.4 Å². The number of hydrogen-bond donors (Lipinski definition) is 2. The van der Waals surface area contributed by atoms with Crippen LogP contribution >= 0.6 is 0 Å². The van der Waals surface area contributed by atoms with Crippen LogP contribution < -0.4 is 11.1 Å². The van der Waals surface area contributed by atoms with Gasteiger partial charge in [0.2, 0.25) is 11.7 Å². The molecule has 1 aliphatic heterocycles. The molecule has 8 nitrogen and oxygen atoms in total. The number of anilines is 1. The Morgan fingerprint density at radius 2 is 1.97 bits per heavy atom. The molecule has 1 fully saturated rings. The van der Waals surface area contributed by atoms with Crippen molar-refractivity contribution in [1.29, 1.82) is 0 Å². The fraction of sp³-hybridized carbons (Fsp3) is 0.273. The summed E-state index contributed by atoms with van der Waals surface area (Å²) in [6, 6.07) is 14.6. The quantitative estimate of drug-likeness (QED) is 0.690. The van der Waals surface area contributed by atoms with Gasteiger partial charge in [0, 0.05) is 29.9 Å². The molecule has 0 bridgehead atoms. The summed E-state index contributed by atoms with van der Waals surface area (Å²) in [5.41, 5.74) is 8.71. The molecule has 1 aromatic heterocycles. The molecule has 3 N–H and O–H groups in total. The molecule has 2 heterocycles. The van der Waals surface area contributed by atoms with Crippen LogP contribution in [0.2, 0.25) is 0 Å². The number of primary amides is 1. The van der Waals surface area contributed by atoms with Crippen molar-refractivity contribution in [1.82, 2.24) is 15.0 Å². The Morgan fingerprint density at radius 3 is 2.73 bits per heavy atom. The number of likely N-dealkylation sites (tertiary alicyclic amines) is 1. The Hall–Kier alpha value is -3.68.